The topological polar surface area (TPSA) is 32.7 Å². The van der Waals surface area contributed by atoms with Crippen molar-refractivity contribution in [2.24, 2.45) is 0 Å². The first-order valence-corrected chi connectivity index (χ1v) is 6.04. The van der Waals surface area contributed by atoms with E-state index in [0.717, 1.165) is 6.54 Å². The number of benzene rings is 1. The van der Waals surface area contributed by atoms with Gasteiger partial charge in [0.25, 0.3) is 0 Å². The van der Waals surface area contributed by atoms with E-state index in [1.54, 1.807) is 19.9 Å². The molecule has 0 atom stereocenters. The van der Waals surface area contributed by atoms with Gasteiger partial charge in [0, 0.05) is 13.1 Å². The molecule has 4 heteroatoms. The third-order valence-corrected chi connectivity index (χ3v) is 2.54. The Morgan fingerprint density at radius 2 is 2.00 bits per heavy atom. The van der Waals surface area contributed by atoms with E-state index in [0.29, 0.717) is 23.9 Å². The molecule has 0 amide bonds. The van der Waals surface area contributed by atoms with Crippen LogP contribution in [0.25, 0.3) is 0 Å². The lowest BCUT2D eigenvalue weighted by Crippen LogP contribution is -2.38. The van der Waals surface area contributed by atoms with Gasteiger partial charge in [-0.3, -0.25) is 0 Å². The summed E-state index contributed by atoms with van der Waals surface area (Å²) < 4.78 is 5.57. The molecule has 0 aliphatic rings. The lowest BCUT2D eigenvalue weighted by atomic mass is 10.1. The third-order valence-electron chi connectivity index (χ3n) is 2.22. The van der Waals surface area contributed by atoms with E-state index >= 15 is 0 Å². The first kappa shape index (κ1) is 14.3. The summed E-state index contributed by atoms with van der Waals surface area (Å²) in [6.45, 7) is 5.49. The number of ether oxygens (including phenoxy) is 1. The summed E-state index contributed by atoms with van der Waals surface area (Å²) in [7, 11) is 1.95. The monoisotopic (exact) mass is 257 g/mol. The first-order chi connectivity index (χ1) is 7.88. The van der Waals surface area contributed by atoms with E-state index in [2.05, 4.69) is 0 Å². The van der Waals surface area contributed by atoms with E-state index in [1.807, 2.05) is 30.1 Å². The Hall–Kier alpha value is -0.770. The fraction of sp³-hybridized carbons (Fsp3) is 0.538. The summed E-state index contributed by atoms with van der Waals surface area (Å²) in [6.07, 6.45) is 0. The van der Waals surface area contributed by atoms with Crippen molar-refractivity contribution in [3.05, 3.63) is 29.3 Å². The van der Waals surface area contributed by atoms with Crippen LogP contribution in [0.2, 0.25) is 5.02 Å². The van der Waals surface area contributed by atoms with E-state index in [-0.39, 0.29) is 0 Å². The molecule has 0 bridgehead atoms. The smallest absolute Gasteiger partial charge is 0.137 e. The van der Waals surface area contributed by atoms with E-state index in [1.165, 1.54) is 0 Å². The molecule has 0 aromatic heterocycles. The highest BCUT2D eigenvalue weighted by atomic mass is 35.5. The summed E-state index contributed by atoms with van der Waals surface area (Å²) in [5.74, 6) is 0.700. The number of hydrogen-bond acceptors (Lipinski definition) is 3. The highest BCUT2D eigenvalue weighted by Crippen LogP contribution is 2.22. The fourth-order valence-corrected chi connectivity index (χ4v) is 1.80. The molecule has 0 saturated carbocycles. The van der Waals surface area contributed by atoms with Gasteiger partial charge in [0.1, 0.15) is 12.4 Å². The van der Waals surface area contributed by atoms with E-state index in [9.17, 15) is 5.11 Å². The number of hydrogen-bond donors (Lipinski definition) is 1. The SMILES string of the molecule is CN(CCOc1ccccc1Cl)CC(C)(C)O. The molecule has 0 heterocycles. The van der Waals surface area contributed by atoms with Gasteiger partial charge in [0.05, 0.1) is 10.6 Å². The molecule has 1 aromatic rings. The van der Waals surface area contributed by atoms with Gasteiger partial charge in [-0.2, -0.15) is 0 Å². The molecule has 0 aliphatic heterocycles. The standard InChI is InChI=1S/C13H20ClNO2/c1-13(2,16)10-15(3)8-9-17-12-7-5-4-6-11(12)14/h4-7,16H,8-10H2,1-3H3. The van der Waals surface area contributed by atoms with Crippen molar-refractivity contribution in [2.75, 3.05) is 26.7 Å². The molecule has 1 rings (SSSR count). The Balaban J connectivity index is 2.31. The average molecular weight is 258 g/mol. The molecule has 1 N–H and O–H groups in total. The Morgan fingerprint density at radius 3 is 2.59 bits per heavy atom. The van der Waals surface area contributed by atoms with Crippen LogP contribution in [0.4, 0.5) is 0 Å². The lowest BCUT2D eigenvalue weighted by molar-refractivity contribution is 0.0411. The van der Waals surface area contributed by atoms with Gasteiger partial charge in [-0.15, -0.1) is 0 Å². The summed E-state index contributed by atoms with van der Waals surface area (Å²) in [5.41, 5.74) is -0.681. The normalized spacial score (nSPS) is 11.9. The van der Waals surface area contributed by atoms with Crippen LogP contribution in [-0.2, 0) is 0 Å². The number of halogens is 1. The van der Waals surface area contributed by atoms with Crippen molar-refractivity contribution in [3.63, 3.8) is 0 Å². The largest absolute Gasteiger partial charge is 0.491 e. The maximum atomic E-state index is 9.64. The van der Waals surface area contributed by atoms with Gasteiger partial charge >= 0.3 is 0 Å². The lowest BCUT2D eigenvalue weighted by Gasteiger charge is -2.25. The zero-order chi connectivity index (χ0) is 12.9. The molecular weight excluding hydrogens is 238 g/mol. The van der Waals surface area contributed by atoms with Crippen LogP contribution < -0.4 is 4.74 Å². The second-order valence-electron chi connectivity index (χ2n) is 4.83. The van der Waals surface area contributed by atoms with Crippen molar-refractivity contribution in [1.29, 1.82) is 0 Å². The molecule has 0 aliphatic carbocycles. The number of likely N-dealkylation sites (N-methyl/N-ethyl adjacent to an activating group) is 1. The van der Waals surface area contributed by atoms with Gasteiger partial charge in [-0.25, -0.2) is 0 Å². The number of aliphatic hydroxyl groups is 1. The number of nitrogens with zero attached hydrogens (tertiary/aromatic N) is 1. The molecule has 3 nitrogen and oxygen atoms in total. The van der Waals surface area contributed by atoms with Crippen LogP contribution in [0.1, 0.15) is 13.8 Å². The van der Waals surface area contributed by atoms with E-state index in [4.69, 9.17) is 16.3 Å². The molecular formula is C13H20ClNO2. The molecule has 0 fully saturated rings. The van der Waals surface area contributed by atoms with Gasteiger partial charge in [-0.05, 0) is 33.0 Å². The zero-order valence-corrected chi connectivity index (χ0v) is 11.4. The van der Waals surface area contributed by atoms with Crippen LogP contribution in [0, 0.1) is 0 Å². The minimum atomic E-state index is -0.681. The van der Waals surface area contributed by atoms with Crippen molar-refractivity contribution >= 4 is 11.6 Å². The van der Waals surface area contributed by atoms with Crippen molar-refractivity contribution in [3.8, 4) is 5.75 Å². The summed E-state index contributed by atoms with van der Waals surface area (Å²) in [5, 5.41) is 10.3. The van der Waals surface area contributed by atoms with Gasteiger partial charge in [0.15, 0.2) is 0 Å². The second kappa shape index (κ2) is 6.24. The van der Waals surface area contributed by atoms with Crippen molar-refractivity contribution in [1.82, 2.24) is 4.90 Å². The minimum Gasteiger partial charge on any atom is -0.491 e. The van der Waals surface area contributed by atoms with Crippen molar-refractivity contribution in [2.45, 2.75) is 19.4 Å². The quantitative estimate of drug-likeness (QED) is 0.850. The third kappa shape index (κ3) is 5.91. The highest BCUT2D eigenvalue weighted by molar-refractivity contribution is 6.32. The van der Waals surface area contributed by atoms with Gasteiger partial charge in [0.2, 0.25) is 0 Å². The maximum absolute atomic E-state index is 9.64. The summed E-state index contributed by atoms with van der Waals surface area (Å²) in [6, 6.07) is 7.41. The Labute approximate surface area is 108 Å². The van der Waals surface area contributed by atoms with Gasteiger partial charge in [-0.1, -0.05) is 23.7 Å². The predicted molar refractivity (Wildman–Crippen MR) is 70.7 cm³/mol. The summed E-state index contributed by atoms with van der Waals surface area (Å²) >= 11 is 5.97. The van der Waals surface area contributed by atoms with Crippen LogP contribution in [0.3, 0.4) is 0 Å². The Kier molecular flexibility index (Phi) is 5.25. The molecule has 0 saturated heterocycles. The number of rotatable bonds is 6. The second-order valence-corrected chi connectivity index (χ2v) is 5.24. The molecule has 0 unspecified atom stereocenters. The highest BCUT2D eigenvalue weighted by Gasteiger charge is 2.15. The van der Waals surface area contributed by atoms with Gasteiger partial charge < -0.3 is 14.7 Å². The predicted octanol–water partition coefficient (Wildman–Crippen LogP) is 2.42. The molecule has 17 heavy (non-hydrogen) atoms. The Morgan fingerprint density at radius 1 is 1.35 bits per heavy atom. The fourth-order valence-electron chi connectivity index (χ4n) is 1.61. The molecule has 0 radical (unpaired) electrons. The van der Waals surface area contributed by atoms with Crippen LogP contribution in [0.5, 0.6) is 5.75 Å². The van der Waals surface area contributed by atoms with E-state index < -0.39 is 5.60 Å². The molecule has 1 aromatic carbocycles. The number of para-hydroxylation sites is 1. The molecule has 96 valence electrons. The summed E-state index contributed by atoms with van der Waals surface area (Å²) in [4.78, 5) is 2.02. The van der Waals surface area contributed by atoms with Crippen LogP contribution in [-0.4, -0.2) is 42.4 Å². The zero-order valence-electron chi connectivity index (χ0n) is 10.6. The minimum absolute atomic E-state index is 0.552. The van der Waals surface area contributed by atoms with Crippen LogP contribution >= 0.6 is 11.6 Å². The van der Waals surface area contributed by atoms with Crippen LogP contribution in [0.15, 0.2) is 24.3 Å². The maximum Gasteiger partial charge on any atom is 0.137 e. The molecule has 0 spiro atoms. The average Bonchev–Trinajstić information content (AvgIpc) is 2.18. The van der Waals surface area contributed by atoms with Crippen molar-refractivity contribution < 1.29 is 9.84 Å². The first-order valence-electron chi connectivity index (χ1n) is 5.67. The Bertz CT molecular complexity index is 350.